The van der Waals surface area contributed by atoms with Crippen LogP contribution in [0.3, 0.4) is 0 Å². The number of aryl methyl sites for hydroxylation is 1. The van der Waals surface area contributed by atoms with Crippen molar-refractivity contribution in [3.8, 4) is 11.1 Å². The maximum atomic E-state index is 12.5. The molecule has 0 amide bonds. The molecule has 7 rings (SSSR count). The van der Waals surface area contributed by atoms with E-state index < -0.39 is 25.9 Å². The van der Waals surface area contributed by atoms with E-state index in [2.05, 4.69) is 35.4 Å². The molecule has 2 aromatic carbocycles. The lowest BCUT2D eigenvalue weighted by molar-refractivity contribution is -0.326. The summed E-state index contributed by atoms with van der Waals surface area (Å²) in [6.45, 7) is -0.727. The molecule has 52 heavy (non-hydrogen) atoms. The lowest BCUT2D eigenvalue weighted by atomic mass is 9.94. The molecule has 2 saturated carbocycles. The molecular formula is C34H33BBrF6N6O4. The number of aromatic nitrogens is 5. The second kappa shape index (κ2) is 15.1. The average Bonchev–Trinajstić information content (AvgIpc) is 4.01. The van der Waals surface area contributed by atoms with Gasteiger partial charge in [-0.15, -0.1) is 26.3 Å². The summed E-state index contributed by atoms with van der Waals surface area (Å²) in [4.78, 5) is 34.0. The highest BCUT2D eigenvalue weighted by Gasteiger charge is 2.33. The Kier molecular flexibility index (Phi) is 10.9. The lowest BCUT2D eigenvalue weighted by Gasteiger charge is -2.17. The Morgan fingerprint density at radius 1 is 0.846 bits per heavy atom. The van der Waals surface area contributed by atoms with Gasteiger partial charge in [-0.2, -0.15) is 0 Å². The first-order chi connectivity index (χ1) is 24.6. The van der Waals surface area contributed by atoms with Gasteiger partial charge in [0.05, 0.1) is 41.0 Å². The minimum atomic E-state index is -4.68. The van der Waals surface area contributed by atoms with Gasteiger partial charge in [0.2, 0.25) is 0 Å². The number of hydrogen-bond acceptors (Lipinski definition) is 7. The maximum Gasteiger partial charge on any atom is 0.522 e. The molecule has 0 atom stereocenters. The molecule has 2 aliphatic rings. The van der Waals surface area contributed by atoms with E-state index in [-0.39, 0.29) is 24.6 Å². The van der Waals surface area contributed by atoms with Crippen LogP contribution in [0.25, 0.3) is 33.2 Å². The number of anilines is 1. The molecule has 275 valence electrons. The number of alkyl halides is 6. The zero-order valence-corrected chi connectivity index (χ0v) is 29.6. The van der Waals surface area contributed by atoms with Gasteiger partial charge in [0.25, 0.3) is 5.56 Å². The Morgan fingerprint density at radius 3 is 1.87 bits per heavy atom. The summed E-state index contributed by atoms with van der Waals surface area (Å²) in [5.74, 6) is 2.24. The van der Waals surface area contributed by atoms with Crippen LogP contribution in [0.15, 0.2) is 57.9 Å². The van der Waals surface area contributed by atoms with Gasteiger partial charge in [0, 0.05) is 48.2 Å². The molecular weight excluding hydrogens is 761 g/mol. The fourth-order valence-electron chi connectivity index (χ4n) is 5.99. The summed E-state index contributed by atoms with van der Waals surface area (Å²) in [5.41, 5.74) is 4.60. The van der Waals surface area contributed by atoms with Crippen LogP contribution in [-0.4, -0.2) is 70.3 Å². The number of imidazole rings is 2. The van der Waals surface area contributed by atoms with Gasteiger partial charge >= 0.3 is 20.1 Å². The monoisotopic (exact) mass is 793 g/mol. The number of rotatable bonds is 12. The van der Waals surface area contributed by atoms with E-state index in [1.54, 1.807) is 30.9 Å². The Hall–Kier alpha value is -4.16. The third-order valence-electron chi connectivity index (χ3n) is 8.73. The molecule has 0 N–H and O–H groups in total. The largest absolute Gasteiger partial charge is 0.522 e. The van der Waals surface area contributed by atoms with Crippen LogP contribution in [0.2, 0.25) is 0 Å². The maximum absolute atomic E-state index is 12.5. The van der Waals surface area contributed by atoms with Gasteiger partial charge in [-0.3, -0.25) is 14.3 Å². The lowest BCUT2D eigenvalue weighted by Crippen LogP contribution is -2.31. The average molecular weight is 794 g/mol. The standard InChI is InChI=1S/C21H21BF3N4O3.C13H12BrF3N2O/c1-27-11-15(10-18(20(27)31)28(2)22-12-30)14-5-6-16-17(9-14)29(7-8-32-21(23,24)25)19(26-16)13-3-4-13;14-9-3-4-10-11(7-9)19(5-6-20-13(15,16)17)12(18-10)8-1-2-8/h5-6,9-13H,3-4,7-8H2,1-2H3;3-4,7-8H,1-2,5-6H2. The van der Waals surface area contributed by atoms with Crippen LogP contribution in [0.1, 0.15) is 49.2 Å². The van der Waals surface area contributed by atoms with Crippen molar-refractivity contribution in [1.29, 1.82) is 0 Å². The molecule has 0 unspecified atom stereocenters. The van der Waals surface area contributed by atoms with Crippen molar-refractivity contribution in [2.24, 2.45) is 7.05 Å². The van der Waals surface area contributed by atoms with E-state index >= 15 is 0 Å². The van der Waals surface area contributed by atoms with E-state index in [0.29, 0.717) is 28.8 Å². The zero-order chi connectivity index (χ0) is 37.4. The summed E-state index contributed by atoms with van der Waals surface area (Å²) in [6.07, 6.45) is -2.99. The van der Waals surface area contributed by atoms with Crippen LogP contribution >= 0.6 is 15.9 Å². The quantitative estimate of drug-likeness (QED) is 0.0745. The molecule has 3 aromatic heterocycles. The fraction of sp³-hybridized carbons (Fsp3) is 0.412. The van der Waals surface area contributed by atoms with Gasteiger partial charge in [-0.25, -0.2) is 9.97 Å². The van der Waals surface area contributed by atoms with Crippen LogP contribution in [0.4, 0.5) is 32.0 Å². The molecule has 0 aliphatic heterocycles. The van der Waals surface area contributed by atoms with Crippen LogP contribution < -0.4 is 10.4 Å². The molecule has 2 fully saturated rings. The first-order valence-corrected chi connectivity index (χ1v) is 17.2. The van der Waals surface area contributed by atoms with Crippen molar-refractivity contribution in [2.75, 3.05) is 25.1 Å². The van der Waals surface area contributed by atoms with E-state index in [0.717, 1.165) is 64.0 Å². The van der Waals surface area contributed by atoms with Crippen molar-refractivity contribution in [3.63, 3.8) is 0 Å². The summed E-state index contributed by atoms with van der Waals surface area (Å²) in [5, 5.41) is 0. The minimum Gasteiger partial charge on any atom is -0.411 e. The van der Waals surface area contributed by atoms with Gasteiger partial charge in [-0.1, -0.05) is 22.0 Å². The third-order valence-corrected chi connectivity index (χ3v) is 9.22. The number of halogens is 7. The topological polar surface area (TPSA) is 96.4 Å². The fourth-order valence-corrected chi connectivity index (χ4v) is 6.34. The molecule has 1 radical (unpaired) electrons. The third kappa shape index (κ3) is 9.07. The Morgan fingerprint density at radius 2 is 1.37 bits per heavy atom. The Labute approximate surface area is 302 Å². The van der Waals surface area contributed by atoms with Crippen molar-refractivity contribution in [2.45, 2.75) is 63.3 Å². The van der Waals surface area contributed by atoms with Crippen LogP contribution in [0.5, 0.6) is 0 Å². The zero-order valence-electron chi connectivity index (χ0n) is 28.0. The molecule has 18 heteroatoms. The normalized spacial score (nSPS) is 14.8. The van der Waals surface area contributed by atoms with Gasteiger partial charge in [0.1, 0.15) is 17.8 Å². The number of fused-ring (bicyclic) bond motifs is 2. The van der Waals surface area contributed by atoms with Crippen LogP contribution in [-0.2, 0) is 34.4 Å². The molecule has 0 saturated heterocycles. The highest BCUT2D eigenvalue weighted by molar-refractivity contribution is 9.10. The van der Waals surface area contributed by atoms with Crippen molar-refractivity contribution >= 4 is 57.3 Å². The van der Waals surface area contributed by atoms with Gasteiger partial charge in [0.15, 0.2) is 0 Å². The van der Waals surface area contributed by atoms with Gasteiger partial charge in [-0.05, 0) is 74.7 Å². The van der Waals surface area contributed by atoms with Gasteiger partial charge < -0.3 is 23.3 Å². The number of nitrogens with zero attached hydrogens (tertiary/aromatic N) is 6. The van der Waals surface area contributed by atoms with Crippen molar-refractivity contribution in [3.05, 3.63) is 75.1 Å². The summed E-state index contributed by atoms with van der Waals surface area (Å²) >= 11 is 3.38. The number of benzene rings is 2. The summed E-state index contributed by atoms with van der Waals surface area (Å²) in [7, 11) is 4.48. The van der Waals surface area contributed by atoms with Crippen LogP contribution in [0, 0.1) is 0 Å². The first kappa shape index (κ1) is 37.6. The first-order valence-electron chi connectivity index (χ1n) is 16.4. The summed E-state index contributed by atoms with van der Waals surface area (Å²) in [6, 6.07) is 12.8. The molecule has 0 spiro atoms. The Bertz CT molecular complexity index is 2140. The van der Waals surface area contributed by atoms with E-state index in [1.165, 1.54) is 16.8 Å². The highest BCUT2D eigenvalue weighted by atomic mass is 79.9. The smallest absolute Gasteiger partial charge is 0.411 e. The molecule has 3 heterocycles. The molecule has 0 bridgehead atoms. The number of ether oxygens (including phenoxy) is 2. The van der Waals surface area contributed by atoms with E-state index in [9.17, 15) is 35.9 Å². The predicted molar refractivity (Wildman–Crippen MR) is 187 cm³/mol. The predicted octanol–water partition coefficient (Wildman–Crippen LogP) is 7.27. The molecule has 10 nitrogen and oxygen atoms in total. The molecule has 2 aliphatic carbocycles. The number of carbonyl (C=O) groups excluding carboxylic acids is 1. The minimum absolute atomic E-state index is 0.0286. The second-order valence-electron chi connectivity index (χ2n) is 12.6. The molecule has 5 aromatic rings. The number of pyridine rings is 1. The number of hydrogen-bond donors (Lipinski definition) is 0. The Balaban J connectivity index is 0.000000198. The van der Waals surface area contributed by atoms with E-state index in [4.69, 9.17) is 0 Å². The highest BCUT2D eigenvalue weighted by Crippen LogP contribution is 2.42. The number of carbonyl (C=O) groups is 1. The van der Waals surface area contributed by atoms with Crippen molar-refractivity contribution < 1.29 is 40.6 Å². The second-order valence-corrected chi connectivity index (χ2v) is 13.6. The van der Waals surface area contributed by atoms with E-state index in [1.807, 2.05) is 41.0 Å². The summed E-state index contributed by atoms with van der Waals surface area (Å²) < 4.78 is 87.5. The SMILES string of the molecule is CN([B]C=O)c1cc(-c2ccc3nc(C4CC4)n(CCOC(F)(F)F)c3c2)cn(C)c1=O.FC(F)(F)OCCn1c(C2CC2)nc2ccc(Br)cc21. The van der Waals surface area contributed by atoms with Crippen molar-refractivity contribution in [1.82, 2.24) is 23.7 Å².